The summed E-state index contributed by atoms with van der Waals surface area (Å²) < 4.78 is 5.49. The van der Waals surface area contributed by atoms with E-state index in [0.717, 1.165) is 18.7 Å². The maximum absolute atomic E-state index is 5.98. The first-order chi connectivity index (χ1) is 7.22. The van der Waals surface area contributed by atoms with Crippen LogP contribution in [0.2, 0.25) is 10.0 Å². The van der Waals surface area contributed by atoms with Gasteiger partial charge in [0.05, 0.1) is 16.1 Å². The van der Waals surface area contributed by atoms with Gasteiger partial charge in [-0.25, -0.2) is 0 Å². The van der Waals surface area contributed by atoms with E-state index in [-0.39, 0.29) is 6.10 Å². The first-order valence-electron chi connectivity index (χ1n) is 4.91. The molecule has 2 rings (SSSR count). The van der Waals surface area contributed by atoms with Crippen LogP contribution in [0.15, 0.2) is 18.2 Å². The first-order valence-corrected chi connectivity index (χ1v) is 5.66. The van der Waals surface area contributed by atoms with Gasteiger partial charge >= 0.3 is 0 Å². The number of benzene rings is 1. The van der Waals surface area contributed by atoms with Crippen molar-refractivity contribution < 1.29 is 4.74 Å². The lowest BCUT2D eigenvalue weighted by molar-refractivity contribution is 0.0292. The second kappa shape index (κ2) is 4.71. The smallest absolute Gasteiger partial charge is 0.0874 e. The summed E-state index contributed by atoms with van der Waals surface area (Å²) in [4.78, 5) is 0. The minimum atomic E-state index is 0.112. The fourth-order valence-corrected chi connectivity index (χ4v) is 2.12. The van der Waals surface area contributed by atoms with Gasteiger partial charge in [-0.1, -0.05) is 29.3 Å². The van der Waals surface area contributed by atoms with Gasteiger partial charge in [-0.15, -0.1) is 0 Å². The minimum absolute atomic E-state index is 0.112. The van der Waals surface area contributed by atoms with Gasteiger partial charge in [-0.2, -0.15) is 0 Å². The molecule has 1 unspecified atom stereocenters. The Labute approximate surface area is 99.5 Å². The molecule has 1 aromatic rings. The van der Waals surface area contributed by atoms with Crippen molar-refractivity contribution in [3.63, 3.8) is 0 Å². The summed E-state index contributed by atoms with van der Waals surface area (Å²) in [5.41, 5.74) is 1.10. The number of nitrogens with one attached hydrogen (secondary N) is 1. The normalized spacial score (nSPS) is 18.6. The summed E-state index contributed by atoms with van der Waals surface area (Å²) in [5, 5.41) is 4.40. The third kappa shape index (κ3) is 2.28. The van der Waals surface area contributed by atoms with Gasteiger partial charge in [-0.3, -0.25) is 0 Å². The van der Waals surface area contributed by atoms with E-state index in [9.17, 15) is 0 Å². The van der Waals surface area contributed by atoms with Crippen LogP contribution in [0.3, 0.4) is 0 Å². The zero-order valence-corrected chi connectivity index (χ0v) is 9.98. The topological polar surface area (TPSA) is 21.3 Å². The Hall–Kier alpha value is -0.280. The molecule has 1 heterocycles. The number of rotatable bonds is 3. The van der Waals surface area contributed by atoms with Crippen LogP contribution in [0.25, 0.3) is 0 Å². The largest absolute Gasteiger partial charge is 0.376 e. The van der Waals surface area contributed by atoms with Gasteiger partial charge in [0.2, 0.25) is 0 Å². The zero-order valence-electron chi connectivity index (χ0n) is 8.47. The molecule has 2 nitrogen and oxygen atoms in total. The standard InChI is InChI=1S/C11H13Cl2NO/c1-15-11(8-5-14-6-8)7-2-3-9(12)10(13)4-7/h2-4,8,11,14H,5-6H2,1H3. The molecular formula is C11H13Cl2NO. The van der Waals surface area contributed by atoms with Crippen molar-refractivity contribution in [1.82, 2.24) is 5.32 Å². The summed E-state index contributed by atoms with van der Waals surface area (Å²) in [6.07, 6.45) is 0.112. The molecule has 1 N–H and O–H groups in total. The van der Waals surface area contributed by atoms with Crippen LogP contribution in [0, 0.1) is 5.92 Å². The maximum atomic E-state index is 5.98. The molecule has 0 bridgehead atoms. The first kappa shape index (κ1) is 11.2. The van der Waals surface area contributed by atoms with Crippen LogP contribution < -0.4 is 5.32 Å². The van der Waals surface area contributed by atoms with Crippen LogP contribution in [0.4, 0.5) is 0 Å². The van der Waals surface area contributed by atoms with Crippen molar-refractivity contribution in [2.24, 2.45) is 5.92 Å². The van der Waals surface area contributed by atoms with Crippen LogP contribution in [-0.4, -0.2) is 20.2 Å². The van der Waals surface area contributed by atoms with Crippen LogP contribution in [0.5, 0.6) is 0 Å². The molecule has 0 spiro atoms. The number of hydrogen-bond donors (Lipinski definition) is 1. The van der Waals surface area contributed by atoms with Crippen molar-refractivity contribution in [2.75, 3.05) is 20.2 Å². The number of hydrogen-bond acceptors (Lipinski definition) is 2. The van der Waals surface area contributed by atoms with E-state index in [1.54, 1.807) is 7.11 Å². The molecule has 1 saturated heterocycles. The number of methoxy groups -OCH3 is 1. The van der Waals surface area contributed by atoms with Crippen LogP contribution in [0.1, 0.15) is 11.7 Å². The highest BCUT2D eigenvalue weighted by Crippen LogP contribution is 2.32. The highest BCUT2D eigenvalue weighted by Gasteiger charge is 2.28. The van der Waals surface area contributed by atoms with E-state index in [1.165, 1.54) is 0 Å². The molecule has 1 aliphatic rings. The van der Waals surface area contributed by atoms with E-state index >= 15 is 0 Å². The molecular weight excluding hydrogens is 233 g/mol. The predicted molar refractivity (Wildman–Crippen MR) is 62.6 cm³/mol. The molecule has 82 valence electrons. The van der Waals surface area contributed by atoms with Gasteiger partial charge in [0.15, 0.2) is 0 Å². The molecule has 0 radical (unpaired) electrons. The van der Waals surface area contributed by atoms with Gasteiger partial charge in [-0.05, 0) is 17.7 Å². The van der Waals surface area contributed by atoms with Crippen molar-refractivity contribution in [2.45, 2.75) is 6.10 Å². The average Bonchev–Trinajstić information content (AvgIpc) is 2.16. The number of ether oxygens (including phenoxy) is 1. The molecule has 15 heavy (non-hydrogen) atoms. The maximum Gasteiger partial charge on any atom is 0.0874 e. The Morgan fingerprint density at radius 2 is 2.07 bits per heavy atom. The monoisotopic (exact) mass is 245 g/mol. The molecule has 1 fully saturated rings. The summed E-state index contributed by atoms with van der Waals surface area (Å²) in [5.74, 6) is 0.534. The second-order valence-corrected chi connectivity index (χ2v) is 4.56. The number of halogens is 2. The summed E-state index contributed by atoms with van der Waals surface area (Å²) in [7, 11) is 1.73. The third-order valence-corrected chi connectivity index (χ3v) is 3.51. The molecule has 1 atom stereocenters. The van der Waals surface area contributed by atoms with Crippen molar-refractivity contribution >= 4 is 23.2 Å². The lowest BCUT2D eigenvalue weighted by atomic mass is 9.91. The Morgan fingerprint density at radius 1 is 1.33 bits per heavy atom. The average molecular weight is 246 g/mol. The molecule has 0 aromatic heterocycles. The molecule has 1 aliphatic heterocycles. The molecule has 4 heteroatoms. The summed E-state index contributed by atoms with van der Waals surface area (Å²) in [6, 6.07) is 5.68. The Bertz CT molecular complexity index is 352. The Balaban J connectivity index is 2.21. The Kier molecular flexibility index (Phi) is 3.52. The molecule has 1 aromatic carbocycles. The van der Waals surface area contributed by atoms with Crippen molar-refractivity contribution in [3.05, 3.63) is 33.8 Å². The van der Waals surface area contributed by atoms with E-state index in [4.69, 9.17) is 27.9 Å². The lowest BCUT2D eigenvalue weighted by Gasteiger charge is -2.34. The molecule has 0 aliphatic carbocycles. The van der Waals surface area contributed by atoms with Crippen LogP contribution in [-0.2, 0) is 4.74 Å². The van der Waals surface area contributed by atoms with E-state index in [0.29, 0.717) is 16.0 Å². The molecule has 0 amide bonds. The van der Waals surface area contributed by atoms with Crippen LogP contribution >= 0.6 is 23.2 Å². The zero-order chi connectivity index (χ0) is 10.8. The fraction of sp³-hybridized carbons (Fsp3) is 0.455. The fourth-order valence-electron chi connectivity index (χ4n) is 1.82. The Morgan fingerprint density at radius 3 is 2.53 bits per heavy atom. The van der Waals surface area contributed by atoms with Gasteiger partial charge in [0.1, 0.15) is 0 Å². The lowest BCUT2D eigenvalue weighted by Crippen LogP contribution is -2.45. The van der Waals surface area contributed by atoms with Gasteiger partial charge in [0.25, 0.3) is 0 Å². The van der Waals surface area contributed by atoms with Crippen molar-refractivity contribution in [3.8, 4) is 0 Å². The SMILES string of the molecule is COC(c1ccc(Cl)c(Cl)c1)C1CNC1. The third-order valence-electron chi connectivity index (χ3n) is 2.77. The van der Waals surface area contributed by atoms with Gasteiger partial charge in [0, 0.05) is 26.1 Å². The highest BCUT2D eigenvalue weighted by molar-refractivity contribution is 6.42. The van der Waals surface area contributed by atoms with E-state index < -0.39 is 0 Å². The minimum Gasteiger partial charge on any atom is -0.376 e. The summed E-state index contributed by atoms with van der Waals surface area (Å²) >= 11 is 11.8. The van der Waals surface area contributed by atoms with Gasteiger partial charge < -0.3 is 10.1 Å². The van der Waals surface area contributed by atoms with E-state index in [1.807, 2.05) is 18.2 Å². The van der Waals surface area contributed by atoms with E-state index in [2.05, 4.69) is 5.32 Å². The molecule has 0 saturated carbocycles. The quantitative estimate of drug-likeness (QED) is 0.885. The summed E-state index contributed by atoms with van der Waals surface area (Å²) in [6.45, 7) is 2.00. The van der Waals surface area contributed by atoms with Crippen molar-refractivity contribution in [1.29, 1.82) is 0 Å². The predicted octanol–water partition coefficient (Wildman–Crippen LogP) is 2.90. The highest BCUT2D eigenvalue weighted by atomic mass is 35.5. The second-order valence-electron chi connectivity index (χ2n) is 3.75.